The zero-order valence-corrected chi connectivity index (χ0v) is 19.8. The molecule has 0 unspecified atom stereocenters. The van der Waals surface area contributed by atoms with E-state index in [1.165, 1.54) is 24.5 Å². The summed E-state index contributed by atoms with van der Waals surface area (Å²) in [6.07, 6.45) is -1.11. The molecule has 1 heterocycles. The van der Waals surface area contributed by atoms with Gasteiger partial charge in [-0.25, -0.2) is 0 Å². The molecule has 0 bridgehead atoms. The molecule has 0 aliphatic carbocycles. The third kappa shape index (κ3) is 6.02. The molecule has 0 radical (unpaired) electrons. The molecule has 3 rings (SSSR count). The van der Waals surface area contributed by atoms with E-state index < -0.39 is 11.7 Å². The van der Waals surface area contributed by atoms with Gasteiger partial charge in [-0.2, -0.15) is 13.2 Å². The molecule has 0 N–H and O–H groups in total. The summed E-state index contributed by atoms with van der Waals surface area (Å²) in [6.45, 7) is 3.94. The summed E-state index contributed by atoms with van der Waals surface area (Å²) in [7, 11) is 1.36. The number of carbonyl (C=O) groups excluding carboxylic acids is 2. The molecule has 0 saturated carbocycles. The van der Waals surface area contributed by atoms with E-state index in [1.54, 1.807) is 12.1 Å². The average molecular weight is 477 g/mol. The van der Waals surface area contributed by atoms with Crippen molar-refractivity contribution in [3.8, 4) is 0 Å². The maximum absolute atomic E-state index is 13.1. The van der Waals surface area contributed by atoms with Crippen molar-refractivity contribution in [1.82, 2.24) is 0 Å². The first-order chi connectivity index (χ1) is 15.6. The summed E-state index contributed by atoms with van der Waals surface area (Å²) < 4.78 is 44.6. The van der Waals surface area contributed by atoms with Crippen LogP contribution in [-0.4, -0.2) is 18.9 Å². The number of carbonyl (C=O) groups is 2. The first kappa shape index (κ1) is 25.0. The van der Waals surface area contributed by atoms with E-state index in [9.17, 15) is 22.8 Å². The van der Waals surface area contributed by atoms with Gasteiger partial charge in [0.2, 0.25) is 0 Å². The van der Waals surface area contributed by atoms with Crippen LogP contribution in [0.25, 0.3) is 10.1 Å². The number of hydrogen-bond acceptors (Lipinski definition) is 4. The van der Waals surface area contributed by atoms with Crippen LogP contribution < -0.4 is 0 Å². The Morgan fingerprint density at radius 3 is 2.39 bits per heavy atom. The highest BCUT2D eigenvalue weighted by Crippen LogP contribution is 2.38. The normalized spacial score (nSPS) is 11.7. The lowest BCUT2D eigenvalue weighted by Gasteiger charge is -2.08. The van der Waals surface area contributed by atoms with Gasteiger partial charge in [-0.1, -0.05) is 31.5 Å². The number of alkyl halides is 3. The lowest BCUT2D eigenvalue weighted by Crippen LogP contribution is -2.05. The standard InChI is InChI=1S/C26H27F3O3S/c1-4-5-20-21-10-9-19(26(27,28)29)15-24(21)33-23(20)12-11-22(30)18-7-6-17(16(2)14-18)8-13-25(31)32-3/h6-7,9-10,14-15H,4-5,8,11-13H2,1-3H3. The molecule has 0 aliphatic heterocycles. The second-order valence-electron chi connectivity index (χ2n) is 8.10. The summed E-state index contributed by atoms with van der Waals surface area (Å²) in [6, 6.07) is 9.37. The minimum absolute atomic E-state index is 0.00602. The molecular weight excluding hydrogens is 449 g/mol. The molecule has 0 amide bonds. The highest BCUT2D eigenvalue weighted by molar-refractivity contribution is 7.19. The quantitative estimate of drug-likeness (QED) is 0.244. The largest absolute Gasteiger partial charge is 0.469 e. The number of methoxy groups -OCH3 is 1. The fourth-order valence-electron chi connectivity index (χ4n) is 3.96. The van der Waals surface area contributed by atoms with Crippen molar-refractivity contribution in [3.05, 3.63) is 69.1 Å². The molecule has 2 aromatic carbocycles. The Bertz CT molecular complexity index is 1160. The zero-order valence-electron chi connectivity index (χ0n) is 19.0. The van der Waals surface area contributed by atoms with Crippen LogP contribution in [0.15, 0.2) is 36.4 Å². The van der Waals surface area contributed by atoms with Crippen LogP contribution in [0.1, 0.15) is 63.7 Å². The number of halogens is 3. The highest BCUT2D eigenvalue weighted by atomic mass is 32.1. The number of ether oxygens (including phenoxy) is 1. The van der Waals surface area contributed by atoms with E-state index in [4.69, 9.17) is 0 Å². The molecule has 0 spiro atoms. The minimum atomic E-state index is -4.37. The molecule has 3 aromatic rings. The van der Waals surface area contributed by atoms with Crippen molar-refractivity contribution < 1.29 is 27.5 Å². The predicted molar refractivity (Wildman–Crippen MR) is 125 cm³/mol. The van der Waals surface area contributed by atoms with E-state index >= 15 is 0 Å². The highest BCUT2D eigenvalue weighted by Gasteiger charge is 2.31. The summed E-state index contributed by atoms with van der Waals surface area (Å²) in [5.74, 6) is -0.281. The fourth-order valence-corrected chi connectivity index (χ4v) is 5.25. The Labute approximate surface area is 195 Å². The van der Waals surface area contributed by atoms with Gasteiger partial charge < -0.3 is 4.74 Å². The summed E-state index contributed by atoms with van der Waals surface area (Å²) >= 11 is 1.35. The van der Waals surface area contributed by atoms with Crippen LogP contribution >= 0.6 is 11.3 Å². The number of hydrogen-bond donors (Lipinski definition) is 0. The number of aryl methyl sites for hydroxylation is 4. The van der Waals surface area contributed by atoms with Crippen molar-refractivity contribution in [3.63, 3.8) is 0 Å². The van der Waals surface area contributed by atoms with Gasteiger partial charge in [-0.15, -0.1) is 11.3 Å². The number of benzene rings is 2. The number of thiophene rings is 1. The third-order valence-electron chi connectivity index (χ3n) is 5.77. The molecular formula is C26H27F3O3S. The van der Waals surface area contributed by atoms with E-state index in [1.807, 2.05) is 26.0 Å². The molecule has 0 saturated heterocycles. The van der Waals surface area contributed by atoms with Crippen molar-refractivity contribution in [2.45, 2.75) is 58.5 Å². The van der Waals surface area contributed by atoms with Gasteiger partial charge in [0.15, 0.2) is 5.78 Å². The minimum Gasteiger partial charge on any atom is -0.469 e. The average Bonchev–Trinajstić information content (AvgIpc) is 3.12. The lowest BCUT2D eigenvalue weighted by atomic mass is 9.97. The molecule has 1 aromatic heterocycles. The molecule has 3 nitrogen and oxygen atoms in total. The number of Topliss-reactive ketones (excluding diaryl/α,β-unsaturated/α-hetero) is 1. The van der Waals surface area contributed by atoms with E-state index in [0.29, 0.717) is 23.1 Å². The van der Waals surface area contributed by atoms with Crippen LogP contribution in [0.5, 0.6) is 0 Å². The number of esters is 1. The maximum atomic E-state index is 13.1. The number of rotatable bonds is 9. The monoisotopic (exact) mass is 476 g/mol. The van der Waals surface area contributed by atoms with Crippen LogP contribution in [0.3, 0.4) is 0 Å². The summed E-state index contributed by atoms with van der Waals surface area (Å²) in [5.41, 5.74) is 2.94. The fraction of sp³-hybridized carbons (Fsp3) is 0.385. The van der Waals surface area contributed by atoms with E-state index in [-0.39, 0.29) is 24.6 Å². The van der Waals surface area contributed by atoms with Crippen LogP contribution in [-0.2, 0) is 35.0 Å². The van der Waals surface area contributed by atoms with E-state index in [2.05, 4.69) is 4.74 Å². The molecule has 0 aliphatic rings. The Kier molecular flexibility index (Phi) is 7.95. The van der Waals surface area contributed by atoms with Gasteiger partial charge in [-0.05, 0) is 66.5 Å². The van der Waals surface area contributed by atoms with Gasteiger partial charge in [0.25, 0.3) is 0 Å². The first-order valence-corrected chi connectivity index (χ1v) is 11.8. The maximum Gasteiger partial charge on any atom is 0.416 e. The van der Waals surface area contributed by atoms with Gasteiger partial charge in [0, 0.05) is 28.0 Å². The van der Waals surface area contributed by atoms with Gasteiger partial charge in [0.05, 0.1) is 12.7 Å². The SMILES string of the molecule is CCCc1c(CCC(=O)c2ccc(CCC(=O)OC)c(C)c2)sc2cc(C(F)(F)F)ccc12. The van der Waals surface area contributed by atoms with Crippen LogP contribution in [0.2, 0.25) is 0 Å². The smallest absolute Gasteiger partial charge is 0.416 e. The van der Waals surface area contributed by atoms with Gasteiger partial charge >= 0.3 is 12.1 Å². The van der Waals surface area contributed by atoms with Crippen molar-refractivity contribution in [2.75, 3.05) is 7.11 Å². The first-order valence-electron chi connectivity index (χ1n) is 10.9. The molecule has 0 fully saturated rings. The Balaban J connectivity index is 1.76. The van der Waals surface area contributed by atoms with Crippen molar-refractivity contribution >= 4 is 33.2 Å². The lowest BCUT2D eigenvalue weighted by molar-refractivity contribution is -0.140. The van der Waals surface area contributed by atoms with E-state index in [0.717, 1.165) is 45.9 Å². The van der Waals surface area contributed by atoms with Crippen LogP contribution in [0, 0.1) is 6.92 Å². The van der Waals surface area contributed by atoms with Crippen molar-refractivity contribution in [2.24, 2.45) is 0 Å². The molecule has 176 valence electrons. The molecule has 33 heavy (non-hydrogen) atoms. The third-order valence-corrected chi connectivity index (χ3v) is 7.03. The van der Waals surface area contributed by atoms with Crippen molar-refractivity contribution in [1.29, 1.82) is 0 Å². The summed E-state index contributed by atoms with van der Waals surface area (Å²) in [4.78, 5) is 25.2. The number of ketones is 1. The molecule has 0 atom stereocenters. The predicted octanol–water partition coefficient (Wildman–Crippen LogP) is 7.10. The van der Waals surface area contributed by atoms with Gasteiger partial charge in [-0.3, -0.25) is 9.59 Å². The molecule has 7 heteroatoms. The number of fused-ring (bicyclic) bond motifs is 1. The van der Waals surface area contributed by atoms with Gasteiger partial charge in [0.1, 0.15) is 0 Å². The van der Waals surface area contributed by atoms with Crippen LogP contribution in [0.4, 0.5) is 13.2 Å². The Morgan fingerprint density at radius 2 is 1.76 bits per heavy atom. The zero-order chi connectivity index (χ0) is 24.2. The topological polar surface area (TPSA) is 43.4 Å². The second-order valence-corrected chi connectivity index (χ2v) is 9.24. The summed E-state index contributed by atoms with van der Waals surface area (Å²) in [5, 5.41) is 0.850. The Hall–Kier alpha value is -2.67. The second kappa shape index (κ2) is 10.5. The Morgan fingerprint density at radius 1 is 1.00 bits per heavy atom.